The Hall–Kier alpha value is -1.61. The van der Waals surface area contributed by atoms with Crippen LogP contribution < -0.4 is 4.90 Å². The van der Waals surface area contributed by atoms with Gasteiger partial charge >= 0.3 is 0 Å². The first-order chi connectivity index (χ1) is 7.81. The van der Waals surface area contributed by atoms with Crippen molar-refractivity contribution in [3.8, 4) is 0 Å². The van der Waals surface area contributed by atoms with E-state index in [1.54, 1.807) is 0 Å². The SMILES string of the molecule is C=CC(=O)N1CC[NH+](c2ccccc2)CC1. The molecule has 1 fully saturated rings. The highest BCUT2D eigenvalue weighted by Crippen LogP contribution is 2.00. The highest BCUT2D eigenvalue weighted by Gasteiger charge is 2.23. The van der Waals surface area contributed by atoms with Crippen LogP contribution in [0.2, 0.25) is 0 Å². The van der Waals surface area contributed by atoms with Crippen molar-refractivity contribution in [3.05, 3.63) is 43.0 Å². The number of carbonyl (C=O) groups excluding carboxylic acids is 1. The quantitative estimate of drug-likeness (QED) is 0.705. The summed E-state index contributed by atoms with van der Waals surface area (Å²) in [6.45, 7) is 7.10. The van der Waals surface area contributed by atoms with Gasteiger partial charge in [0.1, 0.15) is 5.69 Å². The lowest BCUT2D eigenvalue weighted by Crippen LogP contribution is -3.10. The Kier molecular flexibility index (Phi) is 3.37. The summed E-state index contributed by atoms with van der Waals surface area (Å²) in [5.41, 5.74) is 1.31. The third kappa shape index (κ3) is 2.31. The molecule has 1 aromatic carbocycles. The molecule has 0 radical (unpaired) electrons. The maximum Gasteiger partial charge on any atom is 0.246 e. The van der Waals surface area contributed by atoms with Gasteiger partial charge in [0.25, 0.3) is 0 Å². The zero-order valence-electron chi connectivity index (χ0n) is 9.36. The van der Waals surface area contributed by atoms with Crippen molar-refractivity contribution in [1.82, 2.24) is 4.90 Å². The molecule has 0 bridgehead atoms. The fraction of sp³-hybridized carbons (Fsp3) is 0.308. The summed E-state index contributed by atoms with van der Waals surface area (Å²) in [7, 11) is 0. The van der Waals surface area contributed by atoms with Gasteiger partial charge in [0, 0.05) is 0 Å². The number of amides is 1. The molecule has 0 aromatic heterocycles. The molecule has 1 saturated heterocycles. The number of benzene rings is 1. The van der Waals surface area contributed by atoms with E-state index in [4.69, 9.17) is 0 Å². The van der Waals surface area contributed by atoms with E-state index in [0.29, 0.717) is 0 Å². The molecule has 1 aromatic rings. The lowest BCUT2D eigenvalue weighted by molar-refractivity contribution is -0.837. The van der Waals surface area contributed by atoms with Crippen molar-refractivity contribution in [3.63, 3.8) is 0 Å². The molecule has 1 aliphatic rings. The van der Waals surface area contributed by atoms with E-state index < -0.39 is 0 Å². The fourth-order valence-electron chi connectivity index (χ4n) is 2.09. The Morgan fingerprint density at radius 2 is 1.88 bits per heavy atom. The first-order valence-electron chi connectivity index (χ1n) is 5.62. The molecule has 1 N–H and O–H groups in total. The third-order valence-corrected chi connectivity index (χ3v) is 3.04. The molecule has 3 nitrogen and oxygen atoms in total. The molecule has 0 unspecified atom stereocenters. The smallest absolute Gasteiger partial charge is 0.246 e. The molecule has 1 aliphatic heterocycles. The van der Waals surface area contributed by atoms with Crippen molar-refractivity contribution >= 4 is 11.6 Å². The Morgan fingerprint density at radius 3 is 2.44 bits per heavy atom. The van der Waals surface area contributed by atoms with E-state index in [-0.39, 0.29) is 5.91 Å². The van der Waals surface area contributed by atoms with Gasteiger partial charge in [0.2, 0.25) is 5.91 Å². The summed E-state index contributed by atoms with van der Waals surface area (Å²) < 4.78 is 0. The van der Waals surface area contributed by atoms with Crippen molar-refractivity contribution < 1.29 is 9.69 Å². The number of hydrogen-bond donors (Lipinski definition) is 1. The number of rotatable bonds is 2. The summed E-state index contributed by atoms with van der Waals surface area (Å²) in [4.78, 5) is 14.7. The predicted molar refractivity (Wildman–Crippen MR) is 63.6 cm³/mol. The van der Waals surface area contributed by atoms with E-state index in [0.717, 1.165) is 26.2 Å². The highest BCUT2D eigenvalue weighted by molar-refractivity contribution is 5.87. The van der Waals surface area contributed by atoms with E-state index in [2.05, 4.69) is 30.8 Å². The lowest BCUT2D eigenvalue weighted by Gasteiger charge is -2.31. The van der Waals surface area contributed by atoms with Crippen LogP contribution in [-0.2, 0) is 4.79 Å². The molecule has 3 heteroatoms. The van der Waals surface area contributed by atoms with E-state index in [1.165, 1.54) is 16.7 Å². The third-order valence-electron chi connectivity index (χ3n) is 3.04. The number of hydrogen-bond acceptors (Lipinski definition) is 1. The number of nitrogens with zero attached hydrogens (tertiary/aromatic N) is 1. The van der Waals surface area contributed by atoms with Crippen LogP contribution >= 0.6 is 0 Å². The molecule has 1 amide bonds. The summed E-state index contributed by atoms with van der Waals surface area (Å²) in [5, 5.41) is 0. The second-order valence-electron chi connectivity index (χ2n) is 4.00. The van der Waals surface area contributed by atoms with Gasteiger partial charge in [-0.1, -0.05) is 24.8 Å². The molecule has 1 heterocycles. The van der Waals surface area contributed by atoms with Gasteiger partial charge in [-0.25, -0.2) is 0 Å². The van der Waals surface area contributed by atoms with Crippen LogP contribution in [0.4, 0.5) is 5.69 Å². The number of para-hydroxylation sites is 1. The van der Waals surface area contributed by atoms with Gasteiger partial charge < -0.3 is 4.90 Å². The summed E-state index contributed by atoms with van der Waals surface area (Å²) in [6, 6.07) is 10.4. The molecule has 2 rings (SSSR count). The van der Waals surface area contributed by atoms with Gasteiger partial charge in [-0.15, -0.1) is 0 Å². The van der Waals surface area contributed by atoms with Crippen LogP contribution in [0.1, 0.15) is 0 Å². The Bertz CT molecular complexity index is 367. The van der Waals surface area contributed by atoms with Crippen molar-refractivity contribution in [2.75, 3.05) is 26.2 Å². The first-order valence-corrected chi connectivity index (χ1v) is 5.62. The van der Waals surface area contributed by atoms with Crippen molar-refractivity contribution in [1.29, 1.82) is 0 Å². The maximum absolute atomic E-state index is 11.4. The first kappa shape index (κ1) is 10.9. The second kappa shape index (κ2) is 4.94. The average Bonchev–Trinajstić information content (AvgIpc) is 2.39. The van der Waals surface area contributed by atoms with E-state index in [9.17, 15) is 4.79 Å². The van der Waals surface area contributed by atoms with E-state index >= 15 is 0 Å². The Morgan fingerprint density at radius 1 is 1.25 bits per heavy atom. The fourth-order valence-corrected chi connectivity index (χ4v) is 2.09. The number of nitrogens with one attached hydrogen (secondary N) is 1. The van der Waals surface area contributed by atoms with Crippen LogP contribution in [0.25, 0.3) is 0 Å². The van der Waals surface area contributed by atoms with Gasteiger partial charge in [0.15, 0.2) is 0 Å². The molecule has 0 saturated carbocycles. The number of piperazine rings is 1. The minimum Gasteiger partial charge on any atom is -0.328 e. The van der Waals surface area contributed by atoms with Crippen LogP contribution in [0.3, 0.4) is 0 Å². The maximum atomic E-state index is 11.4. The second-order valence-corrected chi connectivity index (χ2v) is 4.00. The topological polar surface area (TPSA) is 24.8 Å². The van der Waals surface area contributed by atoms with Crippen molar-refractivity contribution in [2.24, 2.45) is 0 Å². The molecule has 0 spiro atoms. The highest BCUT2D eigenvalue weighted by atomic mass is 16.2. The largest absolute Gasteiger partial charge is 0.328 e. The lowest BCUT2D eigenvalue weighted by atomic mass is 10.2. The number of carbonyl (C=O) groups is 1. The molecule has 0 atom stereocenters. The van der Waals surface area contributed by atoms with Gasteiger partial charge in [-0.2, -0.15) is 0 Å². The van der Waals surface area contributed by atoms with Gasteiger partial charge in [-0.3, -0.25) is 9.69 Å². The van der Waals surface area contributed by atoms with Crippen LogP contribution in [0.15, 0.2) is 43.0 Å². The summed E-state index contributed by atoms with van der Waals surface area (Å²) in [5.74, 6) is 0.0483. The Labute approximate surface area is 96.0 Å². The predicted octanol–water partition coefficient (Wildman–Crippen LogP) is 0.231. The monoisotopic (exact) mass is 217 g/mol. The summed E-state index contributed by atoms with van der Waals surface area (Å²) in [6.07, 6.45) is 1.40. The minimum absolute atomic E-state index is 0.0483. The van der Waals surface area contributed by atoms with Crippen molar-refractivity contribution in [2.45, 2.75) is 0 Å². The van der Waals surface area contributed by atoms with Gasteiger partial charge in [-0.05, 0) is 18.2 Å². The van der Waals surface area contributed by atoms with E-state index in [1.807, 2.05) is 11.0 Å². The van der Waals surface area contributed by atoms with Gasteiger partial charge in [0.05, 0.1) is 26.2 Å². The zero-order chi connectivity index (χ0) is 11.4. The molecular weight excluding hydrogens is 200 g/mol. The van der Waals surface area contributed by atoms with Crippen LogP contribution in [0.5, 0.6) is 0 Å². The van der Waals surface area contributed by atoms with Crippen LogP contribution in [-0.4, -0.2) is 37.0 Å². The molecule has 0 aliphatic carbocycles. The average molecular weight is 217 g/mol. The normalized spacial score (nSPS) is 17.1. The summed E-state index contributed by atoms with van der Waals surface area (Å²) >= 11 is 0. The van der Waals surface area contributed by atoms with Crippen LogP contribution in [0, 0.1) is 0 Å². The standard InChI is InChI=1S/C13H16N2O/c1-2-13(16)15-10-8-14(9-11-15)12-6-4-3-5-7-12/h2-7H,1,8-11H2/p+1. The molecule has 84 valence electrons. The molecular formula is C13H17N2O+. The Balaban J connectivity index is 1.95. The minimum atomic E-state index is 0.0483. The molecule has 16 heavy (non-hydrogen) atoms. The zero-order valence-corrected chi connectivity index (χ0v) is 9.36. The number of quaternary nitrogens is 1.